The van der Waals surface area contributed by atoms with E-state index in [1.807, 2.05) is 0 Å². The summed E-state index contributed by atoms with van der Waals surface area (Å²) < 4.78 is 10.9. The monoisotopic (exact) mass is 406 g/mol. The number of phenols is 1. The molecule has 1 heterocycles. The third kappa shape index (κ3) is 3.32. The fraction of sp³-hybridized carbons (Fsp3) is 0.0556. The molecule has 24 heavy (non-hydrogen) atoms. The van der Waals surface area contributed by atoms with Crippen LogP contribution in [0, 0.1) is 0 Å². The van der Waals surface area contributed by atoms with Crippen molar-refractivity contribution in [3.63, 3.8) is 0 Å². The van der Waals surface area contributed by atoms with Crippen LogP contribution in [0.1, 0.15) is 11.1 Å². The first-order valence-corrected chi connectivity index (χ1v) is 8.13. The standard InChI is InChI=1S/C18H12BrClO4/c1-23-16-8-10(7-14(19)17(16)21)6-12-9-15(24-18(12)22)11-2-4-13(20)5-3-11/h2-9,21H,1H3/b12-6+. The van der Waals surface area contributed by atoms with Crippen molar-refractivity contribution in [1.82, 2.24) is 0 Å². The van der Waals surface area contributed by atoms with Gasteiger partial charge in [0.05, 0.1) is 17.2 Å². The number of hydrogen-bond donors (Lipinski definition) is 1. The fourth-order valence-corrected chi connectivity index (χ4v) is 2.84. The van der Waals surface area contributed by atoms with Gasteiger partial charge in [-0.2, -0.15) is 0 Å². The lowest BCUT2D eigenvalue weighted by Crippen LogP contribution is -1.97. The molecule has 0 amide bonds. The Labute approximate surface area is 152 Å². The Hall–Kier alpha value is -2.24. The molecule has 0 radical (unpaired) electrons. The van der Waals surface area contributed by atoms with E-state index in [9.17, 15) is 9.90 Å². The summed E-state index contributed by atoms with van der Waals surface area (Å²) in [7, 11) is 1.46. The van der Waals surface area contributed by atoms with Crippen LogP contribution in [0.25, 0.3) is 11.8 Å². The van der Waals surface area contributed by atoms with E-state index in [1.165, 1.54) is 7.11 Å². The number of phenolic OH excluding ortho intramolecular Hbond substituents is 1. The molecule has 122 valence electrons. The highest BCUT2D eigenvalue weighted by atomic mass is 79.9. The highest BCUT2D eigenvalue weighted by molar-refractivity contribution is 9.10. The van der Waals surface area contributed by atoms with Crippen LogP contribution >= 0.6 is 27.5 Å². The van der Waals surface area contributed by atoms with E-state index in [2.05, 4.69) is 15.9 Å². The maximum atomic E-state index is 12.1. The summed E-state index contributed by atoms with van der Waals surface area (Å²) >= 11 is 9.12. The largest absolute Gasteiger partial charge is 0.503 e. The van der Waals surface area contributed by atoms with Crippen LogP contribution in [-0.2, 0) is 9.53 Å². The Balaban J connectivity index is 1.97. The Kier molecular flexibility index (Phi) is 4.64. The number of ether oxygens (including phenoxy) is 2. The van der Waals surface area contributed by atoms with Crippen molar-refractivity contribution in [3.8, 4) is 11.5 Å². The number of esters is 1. The van der Waals surface area contributed by atoms with E-state index in [-0.39, 0.29) is 5.75 Å². The molecule has 2 aromatic carbocycles. The molecule has 4 nitrogen and oxygen atoms in total. The molecule has 0 atom stereocenters. The Morgan fingerprint density at radius 1 is 1.25 bits per heavy atom. The predicted molar refractivity (Wildman–Crippen MR) is 95.9 cm³/mol. The Morgan fingerprint density at radius 3 is 2.62 bits per heavy atom. The van der Waals surface area contributed by atoms with Gasteiger partial charge in [-0.25, -0.2) is 4.79 Å². The third-order valence-electron chi connectivity index (χ3n) is 3.45. The van der Waals surface area contributed by atoms with Crippen LogP contribution in [0.2, 0.25) is 5.02 Å². The van der Waals surface area contributed by atoms with Crippen LogP contribution in [-0.4, -0.2) is 18.2 Å². The van der Waals surface area contributed by atoms with Crippen LogP contribution < -0.4 is 4.74 Å². The van der Waals surface area contributed by atoms with Gasteiger partial charge in [0.15, 0.2) is 11.5 Å². The second kappa shape index (κ2) is 6.71. The Morgan fingerprint density at radius 2 is 1.96 bits per heavy atom. The van der Waals surface area contributed by atoms with E-state index < -0.39 is 5.97 Å². The van der Waals surface area contributed by atoms with Gasteiger partial charge < -0.3 is 14.6 Å². The molecule has 0 fully saturated rings. The molecule has 0 saturated heterocycles. The lowest BCUT2D eigenvalue weighted by atomic mass is 10.1. The van der Waals surface area contributed by atoms with Crippen molar-refractivity contribution in [3.05, 3.63) is 68.7 Å². The van der Waals surface area contributed by atoms with Gasteiger partial charge in [-0.1, -0.05) is 11.6 Å². The number of hydrogen-bond acceptors (Lipinski definition) is 4. The lowest BCUT2D eigenvalue weighted by Gasteiger charge is -2.06. The molecule has 0 spiro atoms. The summed E-state index contributed by atoms with van der Waals surface area (Å²) in [4.78, 5) is 12.1. The van der Waals surface area contributed by atoms with Crippen molar-refractivity contribution < 1.29 is 19.4 Å². The zero-order valence-electron chi connectivity index (χ0n) is 12.5. The maximum absolute atomic E-state index is 12.1. The number of rotatable bonds is 3. The van der Waals surface area contributed by atoms with E-state index in [4.69, 9.17) is 21.1 Å². The summed E-state index contributed by atoms with van der Waals surface area (Å²) in [5.74, 6) is 0.339. The van der Waals surface area contributed by atoms with Gasteiger partial charge in [0, 0.05) is 10.6 Å². The summed E-state index contributed by atoms with van der Waals surface area (Å²) in [6, 6.07) is 10.3. The quantitative estimate of drug-likeness (QED) is 0.587. The van der Waals surface area contributed by atoms with E-state index in [0.717, 1.165) is 5.56 Å². The first-order chi connectivity index (χ1) is 11.5. The summed E-state index contributed by atoms with van der Waals surface area (Å²) in [5, 5.41) is 10.5. The van der Waals surface area contributed by atoms with Crippen LogP contribution in [0.15, 0.2) is 52.5 Å². The molecule has 0 aromatic heterocycles. The van der Waals surface area contributed by atoms with Gasteiger partial charge in [0.2, 0.25) is 0 Å². The maximum Gasteiger partial charge on any atom is 0.343 e. The van der Waals surface area contributed by atoms with Gasteiger partial charge in [0.1, 0.15) is 5.76 Å². The van der Waals surface area contributed by atoms with Gasteiger partial charge >= 0.3 is 5.97 Å². The highest BCUT2D eigenvalue weighted by Crippen LogP contribution is 2.36. The van der Waals surface area contributed by atoms with Crippen molar-refractivity contribution in [2.75, 3.05) is 7.11 Å². The predicted octanol–water partition coefficient (Wildman–Crippen LogP) is 4.80. The van der Waals surface area contributed by atoms with Gasteiger partial charge in [0.25, 0.3) is 0 Å². The molecule has 1 N–H and O–H groups in total. The number of halogens is 2. The summed E-state index contributed by atoms with van der Waals surface area (Å²) in [5.41, 5.74) is 1.86. The van der Waals surface area contributed by atoms with Crippen molar-refractivity contribution in [2.45, 2.75) is 0 Å². The summed E-state index contributed by atoms with van der Waals surface area (Å²) in [6.45, 7) is 0. The normalized spacial score (nSPS) is 15.4. The minimum absolute atomic E-state index is 0.00560. The van der Waals surface area contributed by atoms with E-state index in [0.29, 0.717) is 32.1 Å². The second-order valence-corrected chi connectivity index (χ2v) is 6.35. The SMILES string of the molecule is COc1cc(/C=C2\C=C(c3ccc(Cl)cc3)OC2=O)cc(Br)c1O. The molecule has 6 heteroatoms. The first-order valence-electron chi connectivity index (χ1n) is 6.96. The average molecular weight is 408 g/mol. The third-order valence-corrected chi connectivity index (χ3v) is 4.30. The molecule has 1 aliphatic rings. The number of aromatic hydroxyl groups is 1. The van der Waals surface area contributed by atoms with Gasteiger partial charge in [-0.05, 0) is 70.0 Å². The second-order valence-electron chi connectivity index (χ2n) is 5.06. The van der Waals surface area contributed by atoms with Gasteiger partial charge in [-0.15, -0.1) is 0 Å². The number of methoxy groups -OCH3 is 1. The Bertz CT molecular complexity index is 869. The van der Waals surface area contributed by atoms with Crippen LogP contribution in [0.3, 0.4) is 0 Å². The molecule has 0 saturated carbocycles. The van der Waals surface area contributed by atoms with E-state index >= 15 is 0 Å². The minimum atomic E-state index is -0.442. The lowest BCUT2D eigenvalue weighted by molar-refractivity contribution is -0.130. The molecule has 0 aliphatic carbocycles. The summed E-state index contributed by atoms with van der Waals surface area (Å²) in [6.07, 6.45) is 3.33. The number of benzene rings is 2. The zero-order valence-corrected chi connectivity index (χ0v) is 14.9. The molecular weight excluding hydrogens is 396 g/mol. The highest BCUT2D eigenvalue weighted by Gasteiger charge is 2.22. The molecular formula is C18H12BrClO4. The van der Waals surface area contributed by atoms with Crippen molar-refractivity contribution in [2.24, 2.45) is 0 Å². The molecule has 0 bridgehead atoms. The zero-order chi connectivity index (χ0) is 17.3. The van der Waals surface area contributed by atoms with E-state index in [1.54, 1.807) is 48.6 Å². The molecule has 3 rings (SSSR count). The average Bonchev–Trinajstić information content (AvgIpc) is 2.92. The number of carbonyl (C=O) groups is 1. The smallest absolute Gasteiger partial charge is 0.343 e. The van der Waals surface area contributed by atoms with Crippen LogP contribution in [0.4, 0.5) is 0 Å². The van der Waals surface area contributed by atoms with Crippen molar-refractivity contribution in [1.29, 1.82) is 0 Å². The van der Waals surface area contributed by atoms with Gasteiger partial charge in [-0.3, -0.25) is 0 Å². The molecule has 0 unspecified atom stereocenters. The number of carbonyl (C=O) groups excluding carboxylic acids is 1. The first kappa shape index (κ1) is 16.6. The van der Waals surface area contributed by atoms with Crippen molar-refractivity contribution >= 4 is 45.3 Å². The fourth-order valence-electron chi connectivity index (χ4n) is 2.26. The minimum Gasteiger partial charge on any atom is -0.503 e. The van der Waals surface area contributed by atoms with Crippen LogP contribution in [0.5, 0.6) is 11.5 Å². The number of cyclic esters (lactones) is 1. The molecule has 1 aliphatic heterocycles. The topological polar surface area (TPSA) is 55.8 Å². The molecule has 2 aromatic rings.